The van der Waals surface area contributed by atoms with Gasteiger partial charge in [0.2, 0.25) is 11.8 Å². The van der Waals surface area contributed by atoms with Gasteiger partial charge in [0.05, 0.1) is 13.2 Å². The second-order valence-corrected chi connectivity index (χ2v) is 6.37. The number of nitrogens with one attached hydrogen (secondary N) is 2. The Morgan fingerprint density at radius 3 is 2.93 bits per heavy atom. The van der Waals surface area contributed by atoms with Crippen LogP contribution in [0.4, 0.5) is 18.9 Å². The van der Waals surface area contributed by atoms with Crippen molar-refractivity contribution in [3.63, 3.8) is 0 Å². The molecule has 7 nitrogen and oxygen atoms in total. The van der Waals surface area contributed by atoms with Crippen molar-refractivity contribution < 1.29 is 32.2 Å². The number of rotatable bonds is 5. The van der Waals surface area contributed by atoms with E-state index >= 15 is 0 Å². The Balaban J connectivity index is 1.58. The number of nitrogens with zero attached hydrogens (tertiary/aromatic N) is 1. The van der Waals surface area contributed by atoms with Gasteiger partial charge in [0.15, 0.2) is 0 Å². The van der Waals surface area contributed by atoms with Gasteiger partial charge < -0.3 is 25.0 Å². The molecule has 2 unspecified atom stereocenters. The zero-order chi connectivity index (χ0) is 19.4. The molecule has 2 aliphatic rings. The topological polar surface area (TPSA) is 79.9 Å². The number of alkyl halides is 3. The fraction of sp³-hybridized carbons (Fsp3) is 0.529. The van der Waals surface area contributed by atoms with Gasteiger partial charge in [-0.1, -0.05) is 6.07 Å². The minimum absolute atomic E-state index is 0.0949. The molecule has 0 radical (unpaired) electrons. The first-order valence-corrected chi connectivity index (χ1v) is 8.59. The van der Waals surface area contributed by atoms with Crippen LogP contribution in [0.1, 0.15) is 12.8 Å². The second kappa shape index (κ2) is 8.13. The van der Waals surface area contributed by atoms with Gasteiger partial charge in [-0.15, -0.1) is 13.2 Å². The van der Waals surface area contributed by atoms with Crippen LogP contribution >= 0.6 is 0 Å². The summed E-state index contributed by atoms with van der Waals surface area (Å²) in [6.45, 7) is 2.00. The number of amides is 2. The molecule has 1 aromatic rings. The molecular formula is C17H20F3N3O4. The maximum absolute atomic E-state index is 12.5. The standard InChI is InChI=1S/C17H20F3N3O4/c18-17(19,20)27-13-3-1-2-12(9-13)23-6-4-14(16(23)25)22-15(24)8-11-10-26-7-5-21-11/h1-3,9,11,14,21H,4-8,10H2,(H,22,24). The molecule has 10 heteroatoms. The molecule has 2 heterocycles. The SMILES string of the molecule is O=C(CC1COCCN1)NC1CCN(c2cccc(OC(F)(F)F)c2)C1=O. The zero-order valence-electron chi connectivity index (χ0n) is 14.4. The fourth-order valence-corrected chi connectivity index (χ4v) is 3.15. The lowest BCUT2D eigenvalue weighted by Gasteiger charge is -2.24. The molecule has 2 atom stereocenters. The van der Waals surface area contributed by atoms with Crippen molar-refractivity contribution in [2.45, 2.75) is 31.3 Å². The van der Waals surface area contributed by atoms with Crippen molar-refractivity contribution in [2.24, 2.45) is 0 Å². The molecule has 2 amide bonds. The molecule has 0 saturated carbocycles. The monoisotopic (exact) mass is 387 g/mol. The Morgan fingerprint density at radius 1 is 1.41 bits per heavy atom. The van der Waals surface area contributed by atoms with Gasteiger partial charge in [-0.25, -0.2) is 0 Å². The number of benzene rings is 1. The van der Waals surface area contributed by atoms with Crippen LogP contribution in [-0.4, -0.2) is 56.6 Å². The second-order valence-electron chi connectivity index (χ2n) is 6.37. The molecule has 0 bridgehead atoms. The number of halogens is 3. The summed E-state index contributed by atoms with van der Waals surface area (Å²) in [5.41, 5.74) is 0.292. The van der Waals surface area contributed by atoms with Crippen LogP contribution in [0.2, 0.25) is 0 Å². The third-order valence-electron chi connectivity index (χ3n) is 4.33. The lowest BCUT2D eigenvalue weighted by atomic mass is 10.1. The van der Waals surface area contributed by atoms with E-state index in [0.29, 0.717) is 38.4 Å². The molecule has 3 rings (SSSR count). The number of carbonyl (C=O) groups excluding carboxylic acids is 2. The first kappa shape index (κ1) is 19.4. The van der Waals surface area contributed by atoms with Gasteiger partial charge in [0.1, 0.15) is 11.8 Å². The highest BCUT2D eigenvalue weighted by molar-refractivity contribution is 6.01. The number of morpholine rings is 1. The highest BCUT2D eigenvalue weighted by Crippen LogP contribution is 2.29. The van der Waals surface area contributed by atoms with Crippen LogP contribution in [0, 0.1) is 0 Å². The summed E-state index contributed by atoms with van der Waals surface area (Å²) in [5.74, 6) is -1.03. The van der Waals surface area contributed by atoms with Crippen LogP contribution in [0.25, 0.3) is 0 Å². The lowest BCUT2D eigenvalue weighted by molar-refractivity contribution is -0.274. The van der Waals surface area contributed by atoms with E-state index in [2.05, 4.69) is 15.4 Å². The summed E-state index contributed by atoms with van der Waals surface area (Å²) < 4.78 is 46.3. The van der Waals surface area contributed by atoms with Crippen LogP contribution in [-0.2, 0) is 14.3 Å². The predicted molar refractivity (Wildman–Crippen MR) is 89.3 cm³/mol. The van der Waals surface area contributed by atoms with E-state index in [0.717, 1.165) is 12.1 Å². The van der Waals surface area contributed by atoms with Crippen LogP contribution in [0.15, 0.2) is 24.3 Å². The Kier molecular flexibility index (Phi) is 5.85. The van der Waals surface area contributed by atoms with Gasteiger partial charge >= 0.3 is 6.36 Å². The Bertz CT molecular complexity index is 692. The Morgan fingerprint density at radius 2 is 2.22 bits per heavy atom. The van der Waals surface area contributed by atoms with E-state index in [-0.39, 0.29) is 24.3 Å². The summed E-state index contributed by atoms with van der Waals surface area (Å²) in [7, 11) is 0. The van der Waals surface area contributed by atoms with Crippen molar-refractivity contribution in [3.05, 3.63) is 24.3 Å². The average molecular weight is 387 g/mol. The smallest absolute Gasteiger partial charge is 0.406 e. The summed E-state index contributed by atoms with van der Waals surface area (Å²) in [4.78, 5) is 26.0. The van der Waals surface area contributed by atoms with Crippen LogP contribution in [0.5, 0.6) is 5.75 Å². The minimum Gasteiger partial charge on any atom is -0.406 e. The normalized spacial score (nSPS) is 23.4. The average Bonchev–Trinajstić information content (AvgIpc) is 2.95. The quantitative estimate of drug-likeness (QED) is 0.793. The van der Waals surface area contributed by atoms with E-state index in [1.807, 2.05) is 0 Å². The van der Waals surface area contributed by atoms with Gasteiger partial charge in [-0.3, -0.25) is 9.59 Å². The van der Waals surface area contributed by atoms with E-state index in [1.54, 1.807) is 0 Å². The number of ether oxygens (including phenoxy) is 2. The molecule has 2 aliphatic heterocycles. The highest BCUT2D eigenvalue weighted by atomic mass is 19.4. The van der Waals surface area contributed by atoms with Crippen molar-refractivity contribution >= 4 is 17.5 Å². The maximum atomic E-state index is 12.5. The van der Waals surface area contributed by atoms with Gasteiger partial charge in [0, 0.05) is 37.3 Å². The molecule has 0 aliphatic carbocycles. The number of anilines is 1. The van der Waals surface area contributed by atoms with Crippen molar-refractivity contribution in [3.8, 4) is 5.75 Å². The van der Waals surface area contributed by atoms with E-state index in [1.165, 1.54) is 17.0 Å². The summed E-state index contributed by atoms with van der Waals surface area (Å²) in [6, 6.07) is 4.42. The first-order chi connectivity index (χ1) is 12.8. The summed E-state index contributed by atoms with van der Waals surface area (Å²) >= 11 is 0. The molecule has 2 N–H and O–H groups in total. The molecular weight excluding hydrogens is 367 g/mol. The van der Waals surface area contributed by atoms with Gasteiger partial charge in [-0.2, -0.15) is 0 Å². The van der Waals surface area contributed by atoms with E-state index in [9.17, 15) is 22.8 Å². The first-order valence-electron chi connectivity index (χ1n) is 8.59. The molecule has 27 heavy (non-hydrogen) atoms. The molecule has 2 saturated heterocycles. The third kappa shape index (κ3) is 5.33. The summed E-state index contributed by atoms with van der Waals surface area (Å²) in [6.07, 6.45) is -4.23. The predicted octanol–water partition coefficient (Wildman–Crippen LogP) is 1.19. The maximum Gasteiger partial charge on any atom is 0.573 e. The number of hydrogen-bond donors (Lipinski definition) is 2. The molecule has 148 valence electrons. The number of carbonyl (C=O) groups is 2. The largest absolute Gasteiger partial charge is 0.573 e. The third-order valence-corrected chi connectivity index (χ3v) is 4.33. The molecule has 1 aromatic carbocycles. The lowest BCUT2D eigenvalue weighted by Crippen LogP contribution is -2.47. The van der Waals surface area contributed by atoms with Gasteiger partial charge in [0.25, 0.3) is 0 Å². The number of hydrogen-bond acceptors (Lipinski definition) is 5. The zero-order valence-corrected chi connectivity index (χ0v) is 14.4. The van der Waals surface area contributed by atoms with E-state index < -0.39 is 18.2 Å². The van der Waals surface area contributed by atoms with Gasteiger partial charge in [-0.05, 0) is 18.6 Å². The summed E-state index contributed by atoms with van der Waals surface area (Å²) in [5, 5.41) is 5.85. The molecule has 0 spiro atoms. The van der Waals surface area contributed by atoms with Crippen LogP contribution < -0.4 is 20.3 Å². The Hall–Kier alpha value is -2.33. The molecule has 0 aromatic heterocycles. The minimum atomic E-state index is -4.80. The highest BCUT2D eigenvalue weighted by Gasteiger charge is 2.35. The van der Waals surface area contributed by atoms with Crippen molar-refractivity contribution in [2.75, 3.05) is 31.2 Å². The fourth-order valence-electron chi connectivity index (χ4n) is 3.15. The van der Waals surface area contributed by atoms with E-state index in [4.69, 9.17) is 4.74 Å². The molecule has 2 fully saturated rings. The van der Waals surface area contributed by atoms with Crippen molar-refractivity contribution in [1.82, 2.24) is 10.6 Å². The van der Waals surface area contributed by atoms with Crippen molar-refractivity contribution in [1.29, 1.82) is 0 Å². The van der Waals surface area contributed by atoms with Crippen LogP contribution in [0.3, 0.4) is 0 Å². The Labute approximate surface area is 153 Å².